The van der Waals surface area contributed by atoms with Gasteiger partial charge < -0.3 is 5.32 Å². The maximum absolute atomic E-state index is 12.1. The summed E-state index contributed by atoms with van der Waals surface area (Å²) in [5, 5.41) is 7.27. The average molecular weight is 354 g/mol. The zero-order valence-electron chi connectivity index (χ0n) is 13.0. The normalized spacial score (nSPS) is 12.9. The molecule has 0 bridgehead atoms. The lowest BCUT2D eigenvalue weighted by atomic mass is 10.1. The summed E-state index contributed by atoms with van der Waals surface area (Å²) in [6, 6.07) is 9.76. The van der Waals surface area contributed by atoms with Crippen molar-refractivity contribution in [2.75, 3.05) is 0 Å². The predicted octanol–water partition coefficient (Wildman–Crippen LogP) is 4.06. The van der Waals surface area contributed by atoms with E-state index in [2.05, 4.69) is 10.4 Å². The van der Waals surface area contributed by atoms with Gasteiger partial charge in [0.1, 0.15) is 0 Å². The smallest absolute Gasteiger partial charge is 0.233 e. The summed E-state index contributed by atoms with van der Waals surface area (Å²) in [7, 11) is 0. The van der Waals surface area contributed by atoms with E-state index < -0.39 is 0 Å². The summed E-state index contributed by atoms with van der Waals surface area (Å²) < 4.78 is 3.21. The molecule has 1 atom stereocenters. The van der Waals surface area contributed by atoms with Gasteiger partial charge in [0.15, 0.2) is 8.29 Å². The molecule has 1 amide bonds. The van der Waals surface area contributed by atoms with E-state index in [9.17, 15) is 4.79 Å². The van der Waals surface area contributed by atoms with Gasteiger partial charge >= 0.3 is 0 Å². The van der Waals surface area contributed by atoms with E-state index in [1.807, 2.05) is 58.0 Å². The Bertz CT molecular complexity index is 701. The van der Waals surface area contributed by atoms with Crippen LogP contribution in [0.4, 0.5) is 0 Å². The molecule has 0 radical (unpaired) electrons. The molecule has 22 heavy (non-hydrogen) atoms. The second-order valence-electron chi connectivity index (χ2n) is 5.88. The molecule has 7 heteroatoms. The third-order valence-corrected chi connectivity index (χ3v) is 5.09. The quantitative estimate of drug-likeness (QED) is 0.665. The van der Waals surface area contributed by atoms with Crippen LogP contribution in [0.25, 0.3) is 5.69 Å². The molecule has 0 saturated heterocycles. The van der Waals surface area contributed by atoms with Gasteiger partial charge in [-0.1, -0.05) is 41.3 Å². The summed E-state index contributed by atoms with van der Waals surface area (Å²) in [4.78, 5) is 12.1. The first-order valence-corrected chi connectivity index (χ1v) is 9.01. The maximum atomic E-state index is 12.1. The molecule has 0 fully saturated rings. The summed E-state index contributed by atoms with van der Waals surface area (Å²) in [5.41, 5.74) is 0.699. The van der Waals surface area contributed by atoms with Crippen LogP contribution in [0.15, 0.2) is 34.7 Å². The number of para-hydroxylation sites is 1. The molecular formula is C15H19N3OS3. The van der Waals surface area contributed by atoms with Crippen LogP contribution in [-0.2, 0) is 4.79 Å². The Kier molecular flexibility index (Phi) is 5.41. The van der Waals surface area contributed by atoms with Crippen LogP contribution in [-0.4, -0.2) is 26.5 Å². The molecule has 1 heterocycles. The first kappa shape index (κ1) is 17.2. The number of carbonyl (C=O) groups excluding carboxylic acids is 1. The zero-order valence-corrected chi connectivity index (χ0v) is 15.4. The zero-order chi connectivity index (χ0) is 16.3. The van der Waals surface area contributed by atoms with E-state index in [0.717, 1.165) is 10.0 Å². The Morgan fingerprint density at radius 2 is 2.00 bits per heavy atom. The minimum Gasteiger partial charge on any atom is -0.351 e. The molecular weight excluding hydrogens is 334 g/mol. The highest BCUT2D eigenvalue weighted by Crippen LogP contribution is 2.28. The van der Waals surface area contributed by atoms with Crippen LogP contribution in [0.3, 0.4) is 0 Å². The molecule has 0 spiro atoms. The lowest BCUT2D eigenvalue weighted by Crippen LogP contribution is -2.44. The molecule has 1 aromatic heterocycles. The Morgan fingerprint density at radius 1 is 1.36 bits per heavy atom. The van der Waals surface area contributed by atoms with Crippen molar-refractivity contribution in [1.82, 2.24) is 15.1 Å². The summed E-state index contributed by atoms with van der Waals surface area (Å²) in [5.74, 6) is 0.00452. The van der Waals surface area contributed by atoms with Gasteiger partial charge in [-0.25, -0.2) is 4.68 Å². The van der Waals surface area contributed by atoms with Crippen LogP contribution < -0.4 is 5.32 Å². The first-order chi connectivity index (χ1) is 10.3. The number of nitrogens with one attached hydrogen (secondary N) is 1. The fraction of sp³-hybridized carbons (Fsp3) is 0.400. The van der Waals surface area contributed by atoms with Gasteiger partial charge in [-0.2, -0.15) is 0 Å². The lowest BCUT2D eigenvalue weighted by molar-refractivity contribution is -0.121. The Balaban J connectivity index is 2.12. The number of thioether (sulfide) groups is 1. The van der Waals surface area contributed by atoms with Crippen LogP contribution >= 0.6 is 35.3 Å². The molecule has 0 saturated carbocycles. The van der Waals surface area contributed by atoms with Crippen molar-refractivity contribution in [3.8, 4) is 5.69 Å². The number of hydrogen-bond acceptors (Lipinski definition) is 5. The summed E-state index contributed by atoms with van der Waals surface area (Å²) in [6.45, 7) is 7.78. The van der Waals surface area contributed by atoms with Crippen LogP contribution in [0.5, 0.6) is 0 Å². The fourth-order valence-corrected chi connectivity index (χ4v) is 4.22. The average Bonchev–Trinajstić information content (AvgIpc) is 2.78. The predicted molar refractivity (Wildman–Crippen MR) is 95.5 cm³/mol. The van der Waals surface area contributed by atoms with Gasteiger partial charge in [0.2, 0.25) is 5.91 Å². The highest BCUT2D eigenvalue weighted by atomic mass is 32.2. The minimum absolute atomic E-state index is 0.00452. The van der Waals surface area contributed by atoms with Gasteiger partial charge in [-0.3, -0.25) is 4.79 Å². The third-order valence-electron chi connectivity index (χ3n) is 2.67. The van der Waals surface area contributed by atoms with Gasteiger partial charge in [0, 0.05) is 5.54 Å². The number of rotatable bonds is 4. The second kappa shape index (κ2) is 6.93. The second-order valence-corrected chi connectivity index (χ2v) is 9.09. The van der Waals surface area contributed by atoms with E-state index >= 15 is 0 Å². The Hall–Kier alpha value is -1.18. The van der Waals surface area contributed by atoms with Crippen LogP contribution in [0, 0.1) is 3.95 Å². The lowest BCUT2D eigenvalue weighted by Gasteiger charge is -2.22. The molecule has 1 aromatic carbocycles. The molecule has 2 aromatic rings. The van der Waals surface area contributed by atoms with Crippen molar-refractivity contribution in [1.29, 1.82) is 0 Å². The van der Waals surface area contributed by atoms with E-state index in [1.54, 1.807) is 4.68 Å². The molecule has 118 valence electrons. The topological polar surface area (TPSA) is 46.9 Å². The number of hydrogen-bond donors (Lipinski definition) is 1. The van der Waals surface area contributed by atoms with E-state index in [4.69, 9.17) is 12.2 Å². The third kappa shape index (κ3) is 4.66. The van der Waals surface area contributed by atoms with Crippen molar-refractivity contribution < 1.29 is 4.79 Å². The van der Waals surface area contributed by atoms with E-state index in [0.29, 0.717) is 3.95 Å². The van der Waals surface area contributed by atoms with E-state index in [1.165, 1.54) is 23.1 Å². The number of carbonyl (C=O) groups is 1. The van der Waals surface area contributed by atoms with Crippen molar-refractivity contribution in [2.45, 2.75) is 42.8 Å². The highest BCUT2D eigenvalue weighted by Gasteiger charge is 2.21. The number of amides is 1. The minimum atomic E-state index is -0.234. The monoisotopic (exact) mass is 353 g/mol. The number of benzene rings is 1. The Labute approximate surface area is 143 Å². The first-order valence-electron chi connectivity index (χ1n) is 6.90. The molecule has 0 aliphatic carbocycles. The molecule has 0 aliphatic rings. The molecule has 0 unspecified atom stereocenters. The fourth-order valence-electron chi connectivity index (χ4n) is 1.72. The van der Waals surface area contributed by atoms with Crippen molar-refractivity contribution in [3.05, 3.63) is 34.3 Å². The SMILES string of the molecule is C[C@@H](Sc1nn(-c2ccccc2)c(=S)s1)C(=O)NC(C)(C)C. The van der Waals surface area contributed by atoms with Gasteiger partial charge in [-0.15, -0.1) is 5.10 Å². The van der Waals surface area contributed by atoms with Gasteiger partial charge in [-0.05, 0) is 52.0 Å². The van der Waals surface area contributed by atoms with Gasteiger partial charge in [0.25, 0.3) is 0 Å². The van der Waals surface area contributed by atoms with Crippen LogP contribution in [0.1, 0.15) is 27.7 Å². The summed E-state index contributed by atoms with van der Waals surface area (Å²) >= 11 is 8.22. The Morgan fingerprint density at radius 3 is 2.59 bits per heavy atom. The molecule has 0 aliphatic heterocycles. The van der Waals surface area contributed by atoms with Crippen LogP contribution in [0.2, 0.25) is 0 Å². The highest BCUT2D eigenvalue weighted by molar-refractivity contribution is 8.02. The largest absolute Gasteiger partial charge is 0.351 e. The maximum Gasteiger partial charge on any atom is 0.233 e. The van der Waals surface area contributed by atoms with Gasteiger partial charge in [0.05, 0.1) is 10.9 Å². The summed E-state index contributed by atoms with van der Waals surface area (Å²) in [6.07, 6.45) is 0. The van der Waals surface area contributed by atoms with Crippen molar-refractivity contribution in [2.24, 2.45) is 0 Å². The van der Waals surface area contributed by atoms with Crippen molar-refractivity contribution >= 4 is 41.2 Å². The number of nitrogens with zero attached hydrogens (tertiary/aromatic N) is 2. The number of aromatic nitrogens is 2. The van der Waals surface area contributed by atoms with E-state index in [-0.39, 0.29) is 16.7 Å². The molecule has 2 rings (SSSR count). The standard InChI is InChI=1S/C15H19N3OS3/c1-10(12(19)16-15(2,3)4)21-13-17-18(14(20)22-13)11-8-6-5-7-9-11/h5-10H,1-4H3,(H,16,19)/t10-/m1/s1. The van der Waals surface area contributed by atoms with Crippen molar-refractivity contribution in [3.63, 3.8) is 0 Å². The molecule has 4 nitrogen and oxygen atoms in total. The molecule has 1 N–H and O–H groups in total.